The molecule has 1 aromatic carbocycles. The average Bonchev–Trinajstić information content (AvgIpc) is 3.24. The van der Waals surface area contributed by atoms with Gasteiger partial charge in [0.1, 0.15) is 0 Å². The van der Waals surface area contributed by atoms with E-state index in [0.717, 1.165) is 52.8 Å². The summed E-state index contributed by atoms with van der Waals surface area (Å²) in [6, 6.07) is 9.52. The number of H-pyrrole nitrogens is 1. The van der Waals surface area contributed by atoms with Crippen LogP contribution in [0, 0.1) is 12.8 Å². The Labute approximate surface area is 195 Å². The third kappa shape index (κ3) is 5.18. The van der Waals surface area contributed by atoms with Gasteiger partial charge in [-0.15, -0.1) is 0 Å². The van der Waals surface area contributed by atoms with E-state index in [0.29, 0.717) is 5.56 Å². The molecule has 0 radical (unpaired) electrons. The third-order valence-electron chi connectivity index (χ3n) is 6.29. The lowest BCUT2D eigenvalue weighted by Gasteiger charge is -2.25. The number of hydrogen-bond acceptors (Lipinski definition) is 5. The molecule has 1 fully saturated rings. The van der Waals surface area contributed by atoms with Gasteiger partial charge in [0.25, 0.3) is 5.56 Å². The fourth-order valence-electron chi connectivity index (χ4n) is 4.49. The van der Waals surface area contributed by atoms with Crippen LogP contribution in [0.15, 0.2) is 41.3 Å². The summed E-state index contributed by atoms with van der Waals surface area (Å²) in [5.74, 6) is 0.143. The summed E-state index contributed by atoms with van der Waals surface area (Å²) in [5, 5.41) is 4.21. The Bertz CT molecular complexity index is 1350. The fourth-order valence-corrected chi connectivity index (χ4v) is 5.28. The molecule has 8 heteroatoms. The minimum atomic E-state index is -3.41. The number of pyridine rings is 2. The minimum absolute atomic E-state index is 0.143. The zero-order chi connectivity index (χ0) is 24.0. The number of hydrogen-bond donors (Lipinski definition) is 3. The number of aryl methyl sites for hydroxylation is 1. The topological polar surface area (TPSA) is 104 Å². The van der Waals surface area contributed by atoms with E-state index in [9.17, 15) is 13.2 Å². The van der Waals surface area contributed by atoms with E-state index < -0.39 is 10.0 Å². The lowest BCUT2D eigenvalue weighted by molar-refractivity contribution is 0.432. The molecule has 1 unspecified atom stereocenters. The van der Waals surface area contributed by atoms with Gasteiger partial charge in [-0.05, 0) is 79.2 Å². The van der Waals surface area contributed by atoms with Gasteiger partial charge in [-0.25, -0.2) is 13.1 Å². The normalized spacial score (nSPS) is 18.0. The first kappa shape index (κ1) is 23.6. The first-order chi connectivity index (χ1) is 15.4. The number of rotatable bonds is 5. The van der Waals surface area contributed by atoms with Gasteiger partial charge < -0.3 is 10.3 Å². The summed E-state index contributed by atoms with van der Waals surface area (Å²) in [7, 11) is -3.41. The van der Waals surface area contributed by atoms with Gasteiger partial charge in [-0.1, -0.05) is 20.8 Å². The molecule has 33 heavy (non-hydrogen) atoms. The number of aromatic amines is 1. The highest BCUT2D eigenvalue weighted by Crippen LogP contribution is 2.35. The molecule has 4 rings (SSSR count). The summed E-state index contributed by atoms with van der Waals surface area (Å²) in [5.41, 5.74) is 4.50. The van der Waals surface area contributed by atoms with E-state index in [4.69, 9.17) is 4.98 Å². The van der Waals surface area contributed by atoms with Crippen LogP contribution in [0.2, 0.25) is 0 Å². The number of fused-ring (bicyclic) bond motifs is 1. The molecule has 3 heterocycles. The Kier molecular flexibility index (Phi) is 6.20. The van der Waals surface area contributed by atoms with E-state index >= 15 is 0 Å². The van der Waals surface area contributed by atoms with E-state index in [2.05, 4.69) is 41.9 Å². The Hall–Kier alpha value is -2.55. The minimum Gasteiger partial charge on any atom is -0.326 e. The Morgan fingerprint density at radius 1 is 1.15 bits per heavy atom. The van der Waals surface area contributed by atoms with Crippen LogP contribution in [-0.4, -0.2) is 37.7 Å². The van der Waals surface area contributed by atoms with Gasteiger partial charge in [0.05, 0.1) is 17.8 Å². The molecule has 0 spiro atoms. The number of nitrogens with zero attached hydrogens (tertiary/aromatic N) is 1. The Morgan fingerprint density at radius 3 is 2.52 bits per heavy atom. The van der Waals surface area contributed by atoms with E-state index in [1.807, 2.05) is 31.2 Å². The molecule has 0 bridgehead atoms. The third-order valence-corrected chi connectivity index (χ3v) is 6.97. The van der Waals surface area contributed by atoms with Crippen LogP contribution in [0.1, 0.15) is 50.1 Å². The molecule has 1 aliphatic rings. The van der Waals surface area contributed by atoms with Crippen molar-refractivity contribution in [2.75, 3.05) is 19.3 Å². The number of aromatic nitrogens is 2. The molecule has 2 atom stereocenters. The molecule has 0 amide bonds. The van der Waals surface area contributed by atoms with Crippen molar-refractivity contribution in [1.82, 2.24) is 20.0 Å². The maximum atomic E-state index is 12.8. The maximum Gasteiger partial charge on any atom is 0.256 e. The van der Waals surface area contributed by atoms with E-state index in [1.54, 1.807) is 6.20 Å². The molecular weight excluding hydrogens is 436 g/mol. The highest BCUT2D eigenvalue weighted by atomic mass is 32.2. The summed E-state index contributed by atoms with van der Waals surface area (Å²) in [4.78, 5) is 20.4. The quantitative estimate of drug-likeness (QED) is 0.532. The molecule has 1 aliphatic heterocycles. The summed E-state index contributed by atoms with van der Waals surface area (Å²) in [6.07, 6.45) is 3.82. The summed E-state index contributed by atoms with van der Waals surface area (Å²) in [6.45, 7) is 9.86. The average molecular weight is 469 g/mol. The second kappa shape index (κ2) is 8.66. The Balaban J connectivity index is 1.93. The molecule has 0 aliphatic carbocycles. The van der Waals surface area contributed by atoms with Crippen molar-refractivity contribution in [2.24, 2.45) is 5.92 Å². The fraction of sp³-hybridized carbons (Fsp3) is 0.440. The van der Waals surface area contributed by atoms with Gasteiger partial charge in [-0.3, -0.25) is 9.78 Å². The number of sulfonamides is 1. The van der Waals surface area contributed by atoms with Gasteiger partial charge in [0.2, 0.25) is 10.0 Å². The summed E-state index contributed by atoms with van der Waals surface area (Å²) >= 11 is 0. The van der Waals surface area contributed by atoms with Gasteiger partial charge in [0, 0.05) is 28.4 Å². The zero-order valence-corrected chi connectivity index (χ0v) is 20.6. The van der Waals surface area contributed by atoms with E-state index in [1.165, 1.54) is 6.26 Å². The lowest BCUT2D eigenvalue weighted by atomic mass is 9.83. The van der Waals surface area contributed by atoms with Crippen LogP contribution in [-0.2, 0) is 15.4 Å². The predicted molar refractivity (Wildman–Crippen MR) is 133 cm³/mol. The molecule has 0 saturated carbocycles. The highest BCUT2D eigenvalue weighted by molar-refractivity contribution is 7.88. The smallest absolute Gasteiger partial charge is 0.256 e. The second-order valence-corrected chi connectivity index (χ2v) is 11.9. The maximum absolute atomic E-state index is 12.8. The molecule has 3 aromatic rings. The molecule has 2 aromatic heterocycles. The van der Waals surface area contributed by atoms with Crippen molar-refractivity contribution in [3.8, 4) is 11.1 Å². The van der Waals surface area contributed by atoms with E-state index in [-0.39, 0.29) is 22.9 Å². The van der Waals surface area contributed by atoms with Crippen LogP contribution >= 0.6 is 0 Å². The van der Waals surface area contributed by atoms with Crippen molar-refractivity contribution >= 4 is 20.9 Å². The van der Waals surface area contributed by atoms with Gasteiger partial charge in [-0.2, -0.15) is 0 Å². The SMILES string of the molecule is Cc1ccc(-c2cc(C(C)(C)C)cc3cc(C(NS(C)(=O)=O)[C@H]4CCNC4)cnc23)c(=O)[nH]1. The first-order valence-electron chi connectivity index (χ1n) is 11.2. The standard InChI is InChI=1S/C25H32N4O3S/c1-15-6-7-20(24(30)28-15)21-12-19(25(2,3)4)11-17-10-18(14-27-23(17)21)22(29-33(5,31)32)16-8-9-26-13-16/h6-7,10-12,14,16,22,26,29H,8-9,13H2,1-5H3,(H,28,30)/t16-,22?/m0/s1. The number of nitrogens with one attached hydrogen (secondary N) is 3. The van der Waals surface area contributed by atoms with Crippen molar-refractivity contribution < 1.29 is 8.42 Å². The largest absolute Gasteiger partial charge is 0.326 e. The highest BCUT2D eigenvalue weighted by Gasteiger charge is 2.29. The van der Waals surface area contributed by atoms with Gasteiger partial charge in [0.15, 0.2) is 0 Å². The monoisotopic (exact) mass is 468 g/mol. The lowest BCUT2D eigenvalue weighted by Crippen LogP contribution is -2.33. The van der Waals surface area contributed by atoms with Crippen molar-refractivity contribution in [2.45, 2.75) is 45.6 Å². The molecule has 7 nitrogen and oxygen atoms in total. The van der Waals surface area contributed by atoms with Crippen molar-refractivity contribution in [3.05, 3.63) is 63.7 Å². The van der Waals surface area contributed by atoms with Crippen molar-refractivity contribution in [1.29, 1.82) is 0 Å². The molecule has 176 valence electrons. The van der Waals surface area contributed by atoms with Crippen LogP contribution < -0.4 is 15.6 Å². The van der Waals surface area contributed by atoms with Crippen LogP contribution in [0.4, 0.5) is 0 Å². The predicted octanol–water partition coefficient (Wildman–Crippen LogP) is 3.40. The second-order valence-electron chi connectivity index (χ2n) is 10.1. The zero-order valence-electron chi connectivity index (χ0n) is 19.8. The molecule has 1 saturated heterocycles. The van der Waals surface area contributed by atoms with Crippen LogP contribution in [0.3, 0.4) is 0 Å². The first-order valence-corrected chi connectivity index (χ1v) is 13.1. The number of benzene rings is 1. The molecular formula is C25H32N4O3S. The summed E-state index contributed by atoms with van der Waals surface area (Å²) < 4.78 is 27.1. The Morgan fingerprint density at radius 2 is 1.91 bits per heavy atom. The van der Waals surface area contributed by atoms with Gasteiger partial charge >= 0.3 is 0 Å². The van der Waals surface area contributed by atoms with Crippen LogP contribution in [0.5, 0.6) is 0 Å². The van der Waals surface area contributed by atoms with Crippen molar-refractivity contribution in [3.63, 3.8) is 0 Å². The van der Waals surface area contributed by atoms with Crippen LogP contribution in [0.25, 0.3) is 22.0 Å². The molecule has 3 N–H and O–H groups in total.